The molecule has 0 spiro atoms. The van der Waals surface area contributed by atoms with Gasteiger partial charge in [0.1, 0.15) is 12.0 Å². The monoisotopic (exact) mass is 314 g/mol. The van der Waals surface area contributed by atoms with E-state index in [0.717, 1.165) is 12.8 Å². The zero-order chi connectivity index (χ0) is 15.8. The van der Waals surface area contributed by atoms with Gasteiger partial charge in [0.05, 0.1) is 18.4 Å². The number of aliphatic hydroxyl groups is 1. The second-order valence-electron chi connectivity index (χ2n) is 6.03. The molecule has 1 aromatic carbocycles. The van der Waals surface area contributed by atoms with Crippen LogP contribution in [0, 0.1) is 0 Å². The summed E-state index contributed by atoms with van der Waals surface area (Å²) in [6, 6.07) is 5.34. The van der Waals surface area contributed by atoms with Gasteiger partial charge in [-0.15, -0.1) is 0 Å². The number of nitrogens with one attached hydrogen (secondary N) is 1. The summed E-state index contributed by atoms with van der Waals surface area (Å²) in [4.78, 5) is 16.7. The van der Waals surface area contributed by atoms with Crippen LogP contribution in [-0.4, -0.2) is 22.6 Å². The van der Waals surface area contributed by atoms with Crippen molar-refractivity contribution in [3.63, 3.8) is 0 Å². The number of benzene rings is 1. The van der Waals surface area contributed by atoms with E-state index in [1.54, 1.807) is 18.2 Å². The molecule has 1 aliphatic heterocycles. The zero-order valence-electron chi connectivity index (χ0n) is 12.6. The molecule has 120 valence electrons. The molecule has 6 nitrogen and oxygen atoms in total. The summed E-state index contributed by atoms with van der Waals surface area (Å²) in [6.07, 6.45) is 4.71. The molecule has 6 heteroatoms. The fourth-order valence-electron chi connectivity index (χ4n) is 2.93. The van der Waals surface area contributed by atoms with Gasteiger partial charge in [-0.2, -0.15) is 0 Å². The number of carbonyl (C=O) groups is 1. The first kappa shape index (κ1) is 14.3. The van der Waals surface area contributed by atoms with Gasteiger partial charge in [-0.1, -0.05) is 18.6 Å². The minimum Gasteiger partial charge on any atom is -0.491 e. The Kier molecular flexibility index (Phi) is 3.53. The maximum Gasteiger partial charge on any atom is 0.277 e. The maximum atomic E-state index is 12.4. The van der Waals surface area contributed by atoms with Gasteiger partial charge < -0.3 is 19.6 Å². The minimum atomic E-state index is -0.562. The average Bonchev–Trinajstić information content (AvgIpc) is 2.96. The van der Waals surface area contributed by atoms with Crippen LogP contribution in [-0.2, 0) is 0 Å². The Balaban J connectivity index is 1.54. The van der Waals surface area contributed by atoms with Crippen molar-refractivity contribution in [2.75, 3.05) is 11.9 Å². The lowest BCUT2D eigenvalue weighted by molar-refractivity contribution is 0.101. The lowest BCUT2D eigenvalue weighted by Crippen LogP contribution is -2.18. The molecule has 0 bridgehead atoms. The molecular formula is C17H18N2O4. The fourth-order valence-corrected chi connectivity index (χ4v) is 2.93. The second kappa shape index (κ2) is 5.70. The van der Waals surface area contributed by atoms with Crippen molar-refractivity contribution in [1.82, 2.24) is 4.98 Å². The summed E-state index contributed by atoms with van der Waals surface area (Å²) in [5.41, 5.74) is 1.50. The van der Waals surface area contributed by atoms with Gasteiger partial charge in [-0.05, 0) is 18.9 Å². The van der Waals surface area contributed by atoms with Gasteiger partial charge in [-0.25, -0.2) is 4.98 Å². The molecule has 0 saturated heterocycles. The minimum absolute atomic E-state index is 0.265. The van der Waals surface area contributed by atoms with Gasteiger partial charge in [0.25, 0.3) is 5.91 Å². The van der Waals surface area contributed by atoms with Crippen molar-refractivity contribution >= 4 is 11.6 Å². The predicted octanol–water partition coefficient (Wildman–Crippen LogP) is 3.01. The molecule has 1 aromatic heterocycles. The van der Waals surface area contributed by atoms with E-state index in [1.807, 2.05) is 0 Å². The van der Waals surface area contributed by atoms with Crippen molar-refractivity contribution in [2.24, 2.45) is 0 Å². The summed E-state index contributed by atoms with van der Waals surface area (Å²) >= 11 is 0. The number of fused-ring (bicyclic) bond motifs is 1. The van der Waals surface area contributed by atoms with Crippen LogP contribution in [0.3, 0.4) is 0 Å². The number of para-hydroxylation sites is 1. The van der Waals surface area contributed by atoms with Crippen LogP contribution in [0.1, 0.15) is 59.6 Å². The molecule has 1 atom stereocenters. The number of rotatable bonds is 3. The highest BCUT2D eigenvalue weighted by atomic mass is 16.5. The third-order valence-electron chi connectivity index (χ3n) is 4.50. The highest BCUT2D eigenvalue weighted by Crippen LogP contribution is 2.38. The number of hydrogen-bond acceptors (Lipinski definition) is 5. The number of aromatic nitrogens is 1. The molecular weight excluding hydrogens is 296 g/mol. The Morgan fingerprint density at radius 2 is 2.17 bits per heavy atom. The molecule has 1 saturated carbocycles. The Morgan fingerprint density at radius 3 is 2.96 bits per heavy atom. The van der Waals surface area contributed by atoms with Crippen molar-refractivity contribution in [1.29, 1.82) is 0 Å². The van der Waals surface area contributed by atoms with Gasteiger partial charge in [0, 0.05) is 17.9 Å². The summed E-state index contributed by atoms with van der Waals surface area (Å²) < 4.78 is 11.0. The van der Waals surface area contributed by atoms with Crippen molar-refractivity contribution in [2.45, 2.75) is 37.7 Å². The smallest absolute Gasteiger partial charge is 0.277 e. The van der Waals surface area contributed by atoms with E-state index in [1.165, 1.54) is 12.7 Å². The summed E-state index contributed by atoms with van der Waals surface area (Å²) in [7, 11) is 0. The molecule has 2 aliphatic rings. The number of ether oxygens (including phenoxy) is 1. The topological polar surface area (TPSA) is 84.6 Å². The molecule has 0 radical (unpaired) electrons. The number of amides is 1. The molecule has 2 heterocycles. The van der Waals surface area contributed by atoms with Crippen LogP contribution < -0.4 is 10.1 Å². The molecule has 1 aliphatic carbocycles. The van der Waals surface area contributed by atoms with Crippen molar-refractivity contribution in [3.05, 3.63) is 41.6 Å². The standard InChI is InChI=1S/C17H18N2O4/c20-14-7-8-22-15-11(14)5-2-6-12(15)18-16(21)13-9-23-17(19-13)10-3-1-4-10/h2,5-6,9-10,14,20H,1,3-4,7-8H2,(H,18,21). The predicted molar refractivity (Wildman–Crippen MR) is 82.6 cm³/mol. The quantitative estimate of drug-likeness (QED) is 0.909. The lowest BCUT2D eigenvalue weighted by Gasteiger charge is -2.24. The molecule has 1 amide bonds. The van der Waals surface area contributed by atoms with Crippen LogP contribution in [0.5, 0.6) is 5.75 Å². The van der Waals surface area contributed by atoms with Gasteiger partial charge >= 0.3 is 0 Å². The van der Waals surface area contributed by atoms with Gasteiger partial charge in [0.2, 0.25) is 0 Å². The van der Waals surface area contributed by atoms with E-state index < -0.39 is 6.10 Å². The SMILES string of the molecule is O=C(Nc1cccc2c1OCCC2O)c1coc(C2CCC2)n1. The molecule has 2 N–H and O–H groups in total. The van der Waals surface area contributed by atoms with Crippen molar-refractivity contribution in [3.8, 4) is 5.75 Å². The zero-order valence-corrected chi connectivity index (χ0v) is 12.6. The molecule has 4 rings (SSSR count). The highest BCUT2D eigenvalue weighted by molar-refractivity contribution is 6.03. The molecule has 2 aromatic rings. The maximum absolute atomic E-state index is 12.4. The van der Waals surface area contributed by atoms with Crippen LogP contribution in [0.2, 0.25) is 0 Å². The van der Waals surface area contributed by atoms with Crippen LogP contribution >= 0.6 is 0 Å². The van der Waals surface area contributed by atoms with Crippen LogP contribution in [0.25, 0.3) is 0 Å². The Bertz CT molecular complexity index is 736. The normalized spacial score (nSPS) is 20.3. The van der Waals surface area contributed by atoms with Crippen LogP contribution in [0.4, 0.5) is 5.69 Å². The number of nitrogens with zero attached hydrogens (tertiary/aromatic N) is 1. The third-order valence-corrected chi connectivity index (χ3v) is 4.50. The molecule has 1 unspecified atom stereocenters. The molecule has 1 fully saturated rings. The Hall–Kier alpha value is -2.34. The lowest BCUT2D eigenvalue weighted by atomic mass is 9.85. The van der Waals surface area contributed by atoms with Gasteiger partial charge in [-0.3, -0.25) is 4.79 Å². The number of carbonyl (C=O) groups excluding carboxylic acids is 1. The third kappa shape index (κ3) is 2.59. The van der Waals surface area contributed by atoms with Crippen molar-refractivity contribution < 1.29 is 19.1 Å². The van der Waals surface area contributed by atoms with E-state index in [-0.39, 0.29) is 11.6 Å². The summed E-state index contributed by atoms with van der Waals surface area (Å²) in [6.45, 7) is 0.427. The van der Waals surface area contributed by atoms with Crippen LogP contribution in [0.15, 0.2) is 28.9 Å². The first-order valence-corrected chi connectivity index (χ1v) is 7.93. The number of anilines is 1. The molecule has 23 heavy (non-hydrogen) atoms. The first-order valence-electron chi connectivity index (χ1n) is 7.93. The largest absolute Gasteiger partial charge is 0.491 e. The fraction of sp³-hybridized carbons (Fsp3) is 0.412. The van der Waals surface area contributed by atoms with E-state index in [9.17, 15) is 9.90 Å². The number of aliphatic hydroxyl groups excluding tert-OH is 1. The number of hydrogen-bond donors (Lipinski definition) is 2. The first-order chi connectivity index (χ1) is 11.2. The Labute approximate surface area is 133 Å². The Morgan fingerprint density at radius 1 is 1.30 bits per heavy atom. The van der Waals surface area contributed by atoms with E-state index in [2.05, 4.69) is 10.3 Å². The van der Waals surface area contributed by atoms with E-state index in [0.29, 0.717) is 41.8 Å². The average molecular weight is 314 g/mol. The van der Waals surface area contributed by atoms with Gasteiger partial charge in [0.15, 0.2) is 11.6 Å². The number of oxazole rings is 1. The summed E-state index contributed by atoms with van der Waals surface area (Å²) in [5, 5.41) is 12.8. The summed E-state index contributed by atoms with van der Waals surface area (Å²) in [5.74, 6) is 1.18. The second-order valence-corrected chi connectivity index (χ2v) is 6.03. The van der Waals surface area contributed by atoms with E-state index in [4.69, 9.17) is 9.15 Å². The van der Waals surface area contributed by atoms with E-state index >= 15 is 0 Å². The highest BCUT2D eigenvalue weighted by Gasteiger charge is 2.26.